The van der Waals surface area contributed by atoms with Gasteiger partial charge in [0.15, 0.2) is 0 Å². The molecule has 15 nitrogen and oxygen atoms in total. The van der Waals surface area contributed by atoms with E-state index < -0.39 is 63.3 Å². The predicted molar refractivity (Wildman–Crippen MR) is 190 cm³/mol. The van der Waals surface area contributed by atoms with Gasteiger partial charge in [0.25, 0.3) is 10.0 Å². The standard InChI is InChI=1S/C35H41N3O12S2/c1-8-49-33(40)23-37(52(44,45)28-18-14-26(47-6)15-19-28)30-10-9-11-31-29(30)20-24(38(31)34(41)50-35(2,3)4)21-36(22-32(39)48-7)51(42,43)27-16-12-25(46-5)13-17-27/h9-20H,8,21-23H2,1-7H3. The van der Waals surface area contributed by atoms with Crippen LogP contribution < -0.4 is 13.8 Å². The highest BCUT2D eigenvalue weighted by atomic mass is 32.2. The van der Waals surface area contributed by atoms with Gasteiger partial charge in [-0.05, 0) is 94.4 Å². The van der Waals surface area contributed by atoms with Gasteiger partial charge < -0.3 is 23.7 Å². The van der Waals surface area contributed by atoms with Crippen LogP contribution >= 0.6 is 0 Å². The highest BCUT2D eigenvalue weighted by Gasteiger charge is 2.34. The lowest BCUT2D eigenvalue weighted by molar-refractivity contribution is -0.141. The molecule has 280 valence electrons. The van der Waals surface area contributed by atoms with Crippen molar-refractivity contribution in [2.75, 3.05) is 45.3 Å². The smallest absolute Gasteiger partial charge is 0.419 e. The zero-order valence-electron chi connectivity index (χ0n) is 29.8. The molecule has 0 N–H and O–H groups in total. The second-order valence-electron chi connectivity index (χ2n) is 12.2. The van der Waals surface area contributed by atoms with Gasteiger partial charge in [-0.25, -0.2) is 26.2 Å². The van der Waals surface area contributed by atoms with Crippen molar-refractivity contribution in [2.45, 2.75) is 49.6 Å². The number of esters is 2. The predicted octanol–water partition coefficient (Wildman–Crippen LogP) is 4.56. The minimum absolute atomic E-state index is 0.00983. The van der Waals surface area contributed by atoms with Crippen LogP contribution in [0.25, 0.3) is 10.9 Å². The van der Waals surface area contributed by atoms with E-state index in [0.29, 0.717) is 11.5 Å². The molecule has 0 atom stereocenters. The largest absolute Gasteiger partial charge is 0.497 e. The van der Waals surface area contributed by atoms with Gasteiger partial charge in [0.2, 0.25) is 10.0 Å². The van der Waals surface area contributed by atoms with Gasteiger partial charge in [-0.3, -0.25) is 13.9 Å². The number of nitrogens with zero attached hydrogens (tertiary/aromatic N) is 3. The summed E-state index contributed by atoms with van der Waals surface area (Å²) in [5.74, 6) is -0.937. The zero-order valence-corrected chi connectivity index (χ0v) is 31.4. The van der Waals surface area contributed by atoms with Crippen molar-refractivity contribution < 1.29 is 54.9 Å². The number of fused-ring (bicyclic) bond motifs is 1. The summed E-state index contributed by atoms with van der Waals surface area (Å²) in [5.41, 5.74) is -0.893. The fourth-order valence-corrected chi connectivity index (χ4v) is 7.92. The summed E-state index contributed by atoms with van der Waals surface area (Å²) in [4.78, 5) is 39.0. The molecule has 1 aromatic heterocycles. The molecule has 0 aliphatic carbocycles. The van der Waals surface area contributed by atoms with Crippen molar-refractivity contribution in [1.29, 1.82) is 0 Å². The first-order valence-corrected chi connectivity index (χ1v) is 18.7. The maximum atomic E-state index is 14.2. The van der Waals surface area contributed by atoms with Crippen molar-refractivity contribution in [3.05, 3.63) is 78.5 Å². The summed E-state index contributed by atoms with van der Waals surface area (Å²) in [6.07, 6.45) is -0.913. The van der Waals surface area contributed by atoms with E-state index in [0.717, 1.165) is 20.3 Å². The van der Waals surface area contributed by atoms with Crippen LogP contribution in [-0.2, 0) is 50.4 Å². The van der Waals surface area contributed by atoms with Crippen molar-refractivity contribution in [3.8, 4) is 11.5 Å². The highest BCUT2D eigenvalue weighted by Crippen LogP contribution is 2.35. The summed E-state index contributed by atoms with van der Waals surface area (Å²) in [6.45, 7) is 4.43. The Balaban J connectivity index is 1.98. The maximum Gasteiger partial charge on any atom is 0.419 e. The lowest BCUT2D eigenvalue weighted by Crippen LogP contribution is -2.37. The Hall–Kier alpha value is -5.13. The summed E-state index contributed by atoms with van der Waals surface area (Å²) >= 11 is 0. The maximum absolute atomic E-state index is 14.2. The van der Waals surface area contributed by atoms with Crippen LogP contribution in [0.3, 0.4) is 0 Å². The number of anilines is 1. The number of aromatic nitrogens is 1. The van der Waals surface area contributed by atoms with Crippen molar-refractivity contribution in [1.82, 2.24) is 8.87 Å². The van der Waals surface area contributed by atoms with E-state index in [9.17, 15) is 31.2 Å². The molecular weight excluding hydrogens is 719 g/mol. The number of carbonyl (C=O) groups is 3. The topological polar surface area (TPSA) is 177 Å². The monoisotopic (exact) mass is 759 g/mol. The van der Waals surface area contributed by atoms with E-state index in [1.54, 1.807) is 27.7 Å². The zero-order chi connectivity index (χ0) is 38.4. The SMILES string of the molecule is CCOC(=O)CN(c1cccc2c1cc(CN(CC(=O)OC)S(=O)(=O)c1ccc(OC)cc1)n2C(=O)OC(C)(C)C)S(=O)(=O)c1ccc(OC)cc1. The third-order valence-corrected chi connectivity index (χ3v) is 11.1. The van der Waals surface area contributed by atoms with Gasteiger partial charge in [-0.15, -0.1) is 0 Å². The number of hydrogen-bond donors (Lipinski definition) is 0. The molecule has 0 aliphatic rings. The van der Waals surface area contributed by atoms with Crippen molar-refractivity contribution in [3.63, 3.8) is 0 Å². The lowest BCUT2D eigenvalue weighted by atomic mass is 10.2. The number of carbonyl (C=O) groups excluding carboxylic acids is 3. The van der Waals surface area contributed by atoms with Crippen LogP contribution in [0, 0.1) is 0 Å². The number of rotatable bonds is 14. The fourth-order valence-electron chi connectivity index (χ4n) is 5.14. The van der Waals surface area contributed by atoms with Crippen LogP contribution in [0.5, 0.6) is 11.5 Å². The van der Waals surface area contributed by atoms with Crippen LogP contribution in [0.4, 0.5) is 10.5 Å². The molecule has 0 fully saturated rings. The number of ether oxygens (including phenoxy) is 5. The molecular formula is C35H41N3O12S2. The quantitative estimate of drug-likeness (QED) is 0.130. The van der Waals surface area contributed by atoms with E-state index in [-0.39, 0.29) is 38.7 Å². The molecule has 0 saturated carbocycles. The third kappa shape index (κ3) is 8.83. The molecule has 1 heterocycles. The summed E-state index contributed by atoms with van der Waals surface area (Å²) in [7, 11) is -4.94. The number of sulfonamides is 2. The first-order valence-electron chi connectivity index (χ1n) is 15.9. The molecule has 4 aromatic rings. The molecule has 0 amide bonds. The molecule has 0 bridgehead atoms. The normalized spacial score (nSPS) is 12.0. The summed E-state index contributed by atoms with van der Waals surface area (Å²) in [5, 5.41) is 0.143. The third-order valence-electron chi connectivity index (χ3n) is 7.54. The second kappa shape index (κ2) is 16.0. The lowest BCUT2D eigenvalue weighted by Gasteiger charge is -2.25. The van der Waals surface area contributed by atoms with Gasteiger partial charge in [0.1, 0.15) is 30.2 Å². The Morgan fingerprint density at radius 2 is 1.31 bits per heavy atom. The Bertz CT molecular complexity index is 2140. The molecule has 0 spiro atoms. The van der Waals surface area contributed by atoms with Gasteiger partial charge in [0, 0.05) is 11.1 Å². The van der Waals surface area contributed by atoms with Crippen molar-refractivity contribution >= 4 is 54.7 Å². The highest BCUT2D eigenvalue weighted by molar-refractivity contribution is 7.93. The molecule has 0 unspecified atom stereocenters. The van der Waals surface area contributed by atoms with Gasteiger partial charge in [-0.2, -0.15) is 4.31 Å². The van der Waals surface area contributed by atoms with Gasteiger partial charge in [-0.1, -0.05) is 6.07 Å². The van der Waals surface area contributed by atoms with E-state index in [4.69, 9.17) is 23.7 Å². The van der Waals surface area contributed by atoms with E-state index in [1.165, 1.54) is 87.0 Å². The van der Waals surface area contributed by atoms with Crippen LogP contribution in [0.2, 0.25) is 0 Å². The Labute approximate surface area is 302 Å². The van der Waals surface area contributed by atoms with Gasteiger partial charge >= 0.3 is 18.0 Å². The minimum Gasteiger partial charge on any atom is -0.497 e. The molecule has 52 heavy (non-hydrogen) atoms. The Morgan fingerprint density at radius 3 is 1.81 bits per heavy atom. The molecule has 17 heteroatoms. The van der Waals surface area contributed by atoms with E-state index in [1.807, 2.05) is 0 Å². The van der Waals surface area contributed by atoms with Crippen LogP contribution in [0.1, 0.15) is 33.4 Å². The van der Waals surface area contributed by atoms with E-state index in [2.05, 4.69) is 0 Å². The van der Waals surface area contributed by atoms with Crippen LogP contribution in [-0.4, -0.2) is 90.4 Å². The second-order valence-corrected chi connectivity index (χ2v) is 16.0. The van der Waals surface area contributed by atoms with Crippen LogP contribution in [0.15, 0.2) is 82.6 Å². The summed E-state index contributed by atoms with van der Waals surface area (Å²) < 4.78 is 85.2. The number of methoxy groups -OCH3 is 3. The average molecular weight is 760 g/mol. The molecule has 3 aromatic carbocycles. The van der Waals surface area contributed by atoms with E-state index >= 15 is 0 Å². The average Bonchev–Trinajstić information content (AvgIpc) is 3.48. The fraction of sp³-hybridized carbons (Fsp3) is 0.343. The molecule has 0 saturated heterocycles. The number of benzene rings is 3. The van der Waals surface area contributed by atoms with Gasteiger partial charge in [0.05, 0.1) is 55.5 Å². The molecule has 0 radical (unpaired) electrons. The number of hydrogen-bond acceptors (Lipinski definition) is 12. The van der Waals surface area contributed by atoms with Crippen molar-refractivity contribution in [2.24, 2.45) is 0 Å². The first kappa shape index (κ1) is 39.7. The minimum atomic E-state index is -4.47. The molecule has 0 aliphatic heterocycles. The molecule has 4 rings (SSSR count). The Kier molecular flexibility index (Phi) is 12.2. The first-order chi connectivity index (χ1) is 24.5. The summed E-state index contributed by atoms with van der Waals surface area (Å²) in [6, 6.07) is 16.9. The Morgan fingerprint density at radius 1 is 0.750 bits per heavy atom.